The van der Waals surface area contributed by atoms with Crippen molar-refractivity contribution in [2.75, 3.05) is 27.2 Å². The van der Waals surface area contributed by atoms with Crippen LogP contribution in [-0.4, -0.2) is 55.0 Å². The van der Waals surface area contributed by atoms with E-state index in [0.717, 1.165) is 31.6 Å². The van der Waals surface area contributed by atoms with E-state index in [0.29, 0.717) is 6.04 Å². The molecule has 0 spiro atoms. The van der Waals surface area contributed by atoms with Gasteiger partial charge in [-0.25, -0.2) is 0 Å². The summed E-state index contributed by atoms with van der Waals surface area (Å²) < 4.78 is 0. The van der Waals surface area contributed by atoms with Gasteiger partial charge in [-0.1, -0.05) is 30.3 Å². The highest BCUT2D eigenvalue weighted by Crippen LogP contribution is 2.26. The smallest absolute Gasteiger partial charge is 0.194 e. The normalized spacial score (nSPS) is 16.7. The van der Waals surface area contributed by atoms with Crippen LogP contribution in [0.5, 0.6) is 0 Å². The van der Waals surface area contributed by atoms with Crippen LogP contribution < -0.4 is 5.32 Å². The van der Waals surface area contributed by atoms with Crippen molar-refractivity contribution in [1.82, 2.24) is 15.1 Å². The van der Waals surface area contributed by atoms with Gasteiger partial charge in [-0.3, -0.25) is 9.89 Å². The molecule has 122 valence electrons. The fourth-order valence-corrected chi connectivity index (χ4v) is 2.59. The summed E-state index contributed by atoms with van der Waals surface area (Å²) in [5, 5.41) is 3.40. The fraction of sp³-hybridized carbons (Fsp3) is 0.611. The van der Waals surface area contributed by atoms with Crippen LogP contribution in [0.1, 0.15) is 32.3 Å². The Hall–Kier alpha value is -1.55. The summed E-state index contributed by atoms with van der Waals surface area (Å²) in [6.07, 6.45) is 2.69. The van der Waals surface area contributed by atoms with E-state index in [4.69, 9.17) is 4.99 Å². The molecular weight excluding hydrogens is 272 g/mol. The van der Waals surface area contributed by atoms with E-state index in [9.17, 15) is 0 Å². The lowest BCUT2D eigenvalue weighted by Gasteiger charge is -2.25. The Morgan fingerprint density at radius 2 is 1.95 bits per heavy atom. The van der Waals surface area contributed by atoms with Gasteiger partial charge in [0, 0.05) is 32.2 Å². The van der Waals surface area contributed by atoms with Crippen LogP contribution >= 0.6 is 0 Å². The zero-order chi connectivity index (χ0) is 15.9. The lowest BCUT2D eigenvalue weighted by molar-refractivity contribution is 0.252. The molecule has 1 aromatic rings. The van der Waals surface area contributed by atoms with Gasteiger partial charge in [0.15, 0.2) is 5.96 Å². The maximum Gasteiger partial charge on any atom is 0.194 e. The second-order valence-electron chi connectivity index (χ2n) is 6.28. The Kier molecular flexibility index (Phi) is 6.25. The predicted molar refractivity (Wildman–Crippen MR) is 94.1 cm³/mol. The van der Waals surface area contributed by atoms with Crippen LogP contribution in [-0.2, 0) is 6.54 Å². The molecule has 1 aliphatic carbocycles. The van der Waals surface area contributed by atoms with Gasteiger partial charge < -0.3 is 10.2 Å². The number of aliphatic imine (C=N–C) groups is 1. The van der Waals surface area contributed by atoms with Crippen LogP contribution in [0.25, 0.3) is 0 Å². The van der Waals surface area contributed by atoms with E-state index >= 15 is 0 Å². The Morgan fingerprint density at radius 3 is 2.55 bits per heavy atom. The molecule has 1 aromatic carbocycles. The first kappa shape index (κ1) is 16.8. The molecule has 0 radical (unpaired) electrons. The monoisotopic (exact) mass is 302 g/mol. The third-order valence-electron chi connectivity index (χ3n) is 4.28. The zero-order valence-corrected chi connectivity index (χ0v) is 14.4. The molecule has 1 N–H and O–H groups in total. The molecule has 1 unspecified atom stereocenters. The van der Waals surface area contributed by atoms with Crippen molar-refractivity contribution in [3.63, 3.8) is 0 Å². The van der Waals surface area contributed by atoms with Crippen molar-refractivity contribution in [1.29, 1.82) is 0 Å². The minimum Gasteiger partial charge on any atom is -0.357 e. The summed E-state index contributed by atoms with van der Waals surface area (Å²) in [7, 11) is 4.32. The average Bonchev–Trinajstić information content (AvgIpc) is 3.36. The standard InChI is InChI=1S/C18H30N4/c1-5-19-18(20-13-15(2)22(4)17-11-12-17)21(3)14-16-9-7-6-8-10-16/h6-10,15,17H,5,11-14H2,1-4H3,(H,19,20). The second kappa shape index (κ2) is 8.18. The van der Waals surface area contributed by atoms with Crippen molar-refractivity contribution >= 4 is 5.96 Å². The Bertz CT molecular complexity index is 467. The topological polar surface area (TPSA) is 30.9 Å². The summed E-state index contributed by atoms with van der Waals surface area (Å²) in [6.45, 7) is 6.99. The molecule has 4 heteroatoms. The van der Waals surface area contributed by atoms with E-state index in [-0.39, 0.29) is 0 Å². The largest absolute Gasteiger partial charge is 0.357 e. The summed E-state index contributed by atoms with van der Waals surface area (Å²) in [4.78, 5) is 9.49. The van der Waals surface area contributed by atoms with Gasteiger partial charge in [0.1, 0.15) is 0 Å². The van der Waals surface area contributed by atoms with Crippen molar-refractivity contribution in [2.24, 2.45) is 4.99 Å². The Morgan fingerprint density at radius 1 is 1.27 bits per heavy atom. The lowest BCUT2D eigenvalue weighted by Crippen LogP contribution is -2.40. The molecule has 2 rings (SSSR count). The highest BCUT2D eigenvalue weighted by molar-refractivity contribution is 5.79. The molecule has 4 nitrogen and oxygen atoms in total. The van der Waals surface area contributed by atoms with Gasteiger partial charge in [0.25, 0.3) is 0 Å². The number of guanidine groups is 1. The average molecular weight is 302 g/mol. The number of nitrogens with zero attached hydrogens (tertiary/aromatic N) is 3. The molecule has 1 aliphatic rings. The van der Waals surface area contributed by atoms with Gasteiger partial charge in [0.2, 0.25) is 0 Å². The number of hydrogen-bond donors (Lipinski definition) is 1. The van der Waals surface area contributed by atoms with Gasteiger partial charge >= 0.3 is 0 Å². The van der Waals surface area contributed by atoms with Gasteiger partial charge in [-0.05, 0) is 39.3 Å². The Balaban J connectivity index is 1.93. The van der Waals surface area contributed by atoms with Crippen molar-refractivity contribution < 1.29 is 0 Å². The number of benzene rings is 1. The van der Waals surface area contributed by atoms with Crippen LogP contribution in [0.3, 0.4) is 0 Å². The SMILES string of the molecule is CCNC(=NCC(C)N(C)C1CC1)N(C)Cc1ccccc1. The van der Waals surface area contributed by atoms with Crippen molar-refractivity contribution in [3.05, 3.63) is 35.9 Å². The lowest BCUT2D eigenvalue weighted by atomic mass is 10.2. The summed E-state index contributed by atoms with van der Waals surface area (Å²) in [6, 6.07) is 11.8. The van der Waals surface area contributed by atoms with E-state index < -0.39 is 0 Å². The van der Waals surface area contributed by atoms with E-state index in [1.54, 1.807) is 0 Å². The molecule has 0 heterocycles. The van der Waals surface area contributed by atoms with Gasteiger partial charge in [-0.15, -0.1) is 0 Å². The Labute approximate surface area is 135 Å². The number of nitrogens with one attached hydrogen (secondary N) is 1. The molecule has 22 heavy (non-hydrogen) atoms. The zero-order valence-electron chi connectivity index (χ0n) is 14.4. The van der Waals surface area contributed by atoms with Crippen LogP contribution in [0.4, 0.5) is 0 Å². The first-order valence-corrected chi connectivity index (χ1v) is 8.37. The highest BCUT2D eigenvalue weighted by atomic mass is 15.3. The molecule has 0 bridgehead atoms. The number of rotatable bonds is 7. The molecule has 1 fully saturated rings. The molecule has 1 atom stereocenters. The highest BCUT2D eigenvalue weighted by Gasteiger charge is 2.28. The minimum atomic E-state index is 0.492. The van der Waals surface area contributed by atoms with Crippen LogP contribution in [0.2, 0.25) is 0 Å². The van der Waals surface area contributed by atoms with Crippen molar-refractivity contribution in [2.45, 2.75) is 45.3 Å². The first-order chi connectivity index (χ1) is 10.6. The summed E-state index contributed by atoms with van der Waals surface area (Å²) >= 11 is 0. The van der Waals surface area contributed by atoms with E-state index in [1.807, 2.05) is 0 Å². The molecule has 1 saturated carbocycles. The summed E-state index contributed by atoms with van der Waals surface area (Å²) in [5.41, 5.74) is 1.30. The minimum absolute atomic E-state index is 0.492. The molecule has 0 amide bonds. The van der Waals surface area contributed by atoms with E-state index in [1.165, 1.54) is 18.4 Å². The molecule has 0 aliphatic heterocycles. The van der Waals surface area contributed by atoms with Crippen LogP contribution in [0.15, 0.2) is 35.3 Å². The first-order valence-electron chi connectivity index (χ1n) is 8.37. The molecule has 0 saturated heterocycles. The second-order valence-corrected chi connectivity index (χ2v) is 6.28. The maximum atomic E-state index is 4.83. The third kappa shape index (κ3) is 5.02. The summed E-state index contributed by atoms with van der Waals surface area (Å²) in [5.74, 6) is 0.988. The number of likely N-dealkylation sites (N-methyl/N-ethyl adjacent to an activating group) is 1. The molecule has 0 aromatic heterocycles. The van der Waals surface area contributed by atoms with Gasteiger partial charge in [0.05, 0.1) is 6.54 Å². The van der Waals surface area contributed by atoms with E-state index in [2.05, 4.69) is 73.4 Å². The van der Waals surface area contributed by atoms with Crippen LogP contribution in [0, 0.1) is 0 Å². The maximum absolute atomic E-state index is 4.83. The number of hydrogen-bond acceptors (Lipinski definition) is 2. The van der Waals surface area contributed by atoms with Gasteiger partial charge in [-0.2, -0.15) is 0 Å². The molecular formula is C18H30N4. The van der Waals surface area contributed by atoms with Crippen molar-refractivity contribution in [3.8, 4) is 0 Å². The quantitative estimate of drug-likeness (QED) is 0.620. The predicted octanol–water partition coefficient (Wildman–Crippen LogP) is 2.57. The fourth-order valence-electron chi connectivity index (χ4n) is 2.59. The third-order valence-corrected chi connectivity index (χ3v) is 4.28.